The van der Waals surface area contributed by atoms with Gasteiger partial charge in [-0.05, 0) is 11.1 Å². The molecule has 9 heteroatoms. The van der Waals surface area contributed by atoms with Gasteiger partial charge in [0.1, 0.15) is 12.8 Å². The summed E-state index contributed by atoms with van der Waals surface area (Å²) < 4.78 is 37.3. The SMILES string of the molecule is Nc1ncc(-c2ccc([C@@H](O)[C@@H](CF)NC(=O)C(F)F)cc2)s1. The van der Waals surface area contributed by atoms with Crippen molar-refractivity contribution in [2.45, 2.75) is 18.6 Å². The van der Waals surface area contributed by atoms with Gasteiger partial charge in [-0.25, -0.2) is 9.37 Å². The van der Waals surface area contributed by atoms with E-state index >= 15 is 0 Å². The summed E-state index contributed by atoms with van der Waals surface area (Å²) in [7, 11) is 0. The number of nitrogens with one attached hydrogen (secondary N) is 1. The smallest absolute Gasteiger partial charge is 0.315 e. The number of amides is 1. The molecule has 0 saturated carbocycles. The van der Waals surface area contributed by atoms with Gasteiger partial charge in [-0.15, -0.1) is 0 Å². The molecule has 124 valence electrons. The zero-order valence-corrected chi connectivity index (χ0v) is 12.6. The van der Waals surface area contributed by atoms with Crippen LogP contribution in [0.1, 0.15) is 11.7 Å². The zero-order chi connectivity index (χ0) is 17.0. The second-order valence-corrected chi connectivity index (χ2v) is 5.76. The van der Waals surface area contributed by atoms with E-state index in [0.717, 1.165) is 10.4 Å². The van der Waals surface area contributed by atoms with Crippen molar-refractivity contribution in [3.05, 3.63) is 36.0 Å². The molecule has 1 amide bonds. The maximum Gasteiger partial charge on any atom is 0.315 e. The highest BCUT2D eigenvalue weighted by Gasteiger charge is 2.26. The first-order valence-corrected chi connectivity index (χ1v) is 7.38. The highest BCUT2D eigenvalue weighted by atomic mass is 32.1. The lowest BCUT2D eigenvalue weighted by Crippen LogP contribution is -2.43. The Morgan fingerprint density at radius 3 is 2.48 bits per heavy atom. The number of nitrogen functional groups attached to an aromatic ring is 1. The molecule has 23 heavy (non-hydrogen) atoms. The number of hydrogen-bond donors (Lipinski definition) is 3. The van der Waals surface area contributed by atoms with Gasteiger partial charge in [-0.2, -0.15) is 8.78 Å². The van der Waals surface area contributed by atoms with Crippen molar-refractivity contribution < 1.29 is 23.1 Å². The molecule has 0 aliphatic carbocycles. The molecule has 0 saturated heterocycles. The fourth-order valence-electron chi connectivity index (χ4n) is 1.95. The Kier molecular flexibility index (Phi) is 5.56. The lowest BCUT2D eigenvalue weighted by atomic mass is 10.0. The first-order valence-electron chi connectivity index (χ1n) is 6.56. The summed E-state index contributed by atoms with van der Waals surface area (Å²) in [6.07, 6.45) is -3.11. The van der Waals surface area contributed by atoms with E-state index in [-0.39, 0.29) is 0 Å². The van der Waals surface area contributed by atoms with Gasteiger partial charge >= 0.3 is 6.43 Å². The number of aromatic nitrogens is 1. The molecule has 1 heterocycles. The highest BCUT2D eigenvalue weighted by molar-refractivity contribution is 7.18. The number of anilines is 1. The monoisotopic (exact) mass is 345 g/mol. The second-order valence-electron chi connectivity index (χ2n) is 4.70. The average Bonchev–Trinajstić information content (AvgIpc) is 2.98. The number of nitrogens with zero attached hydrogens (tertiary/aromatic N) is 1. The van der Waals surface area contributed by atoms with Crippen LogP contribution < -0.4 is 11.1 Å². The molecule has 0 spiro atoms. The molecule has 0 bridgehead atoms. The van der Waals surface area contributed by atoms with Gasteiger partial charge in [0.25, 0.3) is 5.91 Å². The predicted molar refractivity (Wildman–Crippen MR) is 80.8 cm³/mol. The summed E-state index contributed by atoms with van der Waals surface area (Å²) in [5.41, 5.74) is 6.64. The van der Waals surface area contributed by atoms with Gasteiger partial charge in [0, 0.05) is 6.20 Å². The van der Waals surface area contributed by atoms with Gasteiger partial charge in [0.15, 0.2) is 5.13 Å². The molecular weight excluding hydrogens is 331 g/mol. The van der Waals surface area contributed by atoms with Crippen molar-refractivity contribution in [3.63, 3.8) is 0 Å². The fourth-order valence-corrected chi connectivity index (χ4v) is 2.64. The summed E-state index contributed by atoms with van der Waals surface area (Å²) in [6.45, 7) is -1.17. The van der Waals surface area contributed by atoms with Crippen LogP contribution in [-0.4, -0.2) is 35.1 Å². The van der Waals surface area contributed by atoms with Gasteiger partial charge < -0.3 is 16.2 Å². The number of thiazole rings is 1. The van der Waals surface area contributed by atoms with Crippen molar-refractivity contribution in [2.24, 2.45) is 0 Å². The number of carbonyl (C=O) groups excluding carboxylic acids is 1. The molecule has 1 aromatic carbocycles. The summed E-state index contributed by atoms with van der Waals surface area (Å²) in [6, 6.07) is 4.92. The molecule has 5 nitrogen and oxygen atoms in total. The van der Waals surface area contributed by atoms with Gasteiger partial charge in [-0.3, -0.25) is 4.79 Å². The third kappa shape index (κ3) is 4.20. The Morgan fingerprint density at radius 2 is 2.00 bits per heavy atom. The van der Waals surface area contributed by atoms with Crippen LogP contribution in [0.15, 0.2) is 30.5 Å². The number of alkyl halides is 3. The number of hydrogen-bond acceptors (Lipinski definition) is 5. The molecule has 2 aromatic rings. The lowest BCUT2D eigenvalue weighted by molar-refractivity contribution is -0.133. The Morgan fingerprint density at radius 1 is 1.35 bits per heavy atom. The van der Waals surface area contributed by atoms with Crippen LogP contribution >= 0.6 is 11.3 Å². The van der Waals surface area contributed by atoms with E-state index in [2.05, 4.69) is 4.98 Å². The van der Waals surface area contributed by atoms with Gasteiger partial charge in [-0.1, -0.05) is 35.6 Å². The van der Waals surface area contributed by atoms with Crippen LogP contribution in [0.4, 0.5) is 18.3 Å². The topological polar surface area (TPSA) is 88.2 Å². The maximum absolute atomic E-state index is 12.9. The van der Waals surface area contributed by atoms with Crippen molar-refractivity contribution in [3.8, 4) is 10.4 Å². The quantitative estimate of drug-likeness (QED) is 0.748. The van der Waals surface area contributed by atoms with Crippen LogP contribution in [0.25, 0.3) is 10.4 Å². The molecule has 2 atom stereocenters. The Labute approximate surface area is 134 Å². The summed E-state index contributed by atoms with van der Waals surface area (Å²) in [5.74, 6) is -1.62. The minimum Gasteiger partial charge on any atom is -0.386 e. The van der Waals surface area contributed by atoms with Gasteiger partial charge in [0.05, 0.1) is 10.9 Å². The van der Waals surface area contributed by atoms with Crippen molar-refractivity contribution >= 4 is 22.4 Å². The Balaban J connectivity index is 2.12. The number of aliphatic hydroxyl groups is 1. The van der Waals surface area contributed by atoms with Crippen LogP contribution in [0.2, 0.25) is 0 Å². The number of rotatable bonds is 6. The Hall–Kier alpha value is -2.13. The number of carbonyl (C=O) groups is 1. The lowest BCUT2D eigenvalue weighted by Gasteiger charge is -2.21. The molecule has 0 aliphatic heterocycles. The molecule has 1 aromatic heterocycles. The van der Waals surface area contributed by atoms with E-state index in [4.69, 9.17) is 5.73 Å². The molecular formula is C14H14F3N3O2S. The largest absolute Gasteiger partial charge is 0.386 e. The number of nitrogens with two attached hydrogens (primary N) is 1. The normalized spacial score (nSPS) is 13.8. The third-order valence-electron chi connectivity index (χ3n) is 3.13. The van der Waals surface area contributed by atoms with Crippen LogP contribution in [0.5, 0.6) is 0 Å². The summed E-state index contributed by atoms with van der Waals surface area (Å²) in [4.78, 5) is 15.7. The molecule has 0 aliphatic rings. The third-order valence-corrected chi connectivity index (χ3v) is 4.01. The minimum absolute atomic E-state index is 0.295. The van der Waals surface area contributed by atoms with Crippen molar-refractivity contribution in [2.75, 3.05) is 12.4 Å². The first-order chi connectivity index (χ1) is 10.9. The summed E-state index contributed by atoms with van der Waals surface area (Å²) >= 11 is 1.28. The molecule has 0 unspecified atom stereocenters. The van der Waals surface area contributed by atoms with E-state index in [0.29, 0.717) is 10.7 Å². The van der Waals surface area contributed by atoms with Crippen LogP contribution in [-0.2, 0) is 4.79 Å². The van der Waals surface area contributed by atoms with E-state index in [1.807, 2.05) is 0 Å². The van der Waals surface area contributed by atoms with Crippen LogP contribution in [0.3, 0.4) is 0 Å². The molecule has 2 rings (SSSR count). The number of benzene rings is 1. The van der Waals surface area contributed by atoms with E-state index in [9.17, 15) is 23.1 Å². The highest BCUT2D eigenvalue weighted by Crippen LogP contribution is 2.28. The summed E-state index contributed by atoms with van der Waals surface area (Å²) in [5, 5.41) is 12.2. The Bertz CT molecular complexity index is 664. The zero-order valence-electron chi connectivity index (χ0n) is 11.7. The fraction of sp³-hybridized carbons (Fsp3) is 0.286. The molecule has 0 radical (unpaired) electrons. The minimum atomic E-state index is -3.27. The number of halogens is 3. The van der Waals surface area contributed by atoms with Gasteiger partial charge in [0.2, 0.25) is 0 Å². The van der Waals surface area contributed by atoms with E-state index in [1.165, 1.54) is 23.5 Å². The van der Waals surface area contributed by atoms with Crippen molar-refractivity contribution in [1.82, 2.24) is 10.3 Å². The van der Waals surface area contributed by atoms with E-state index in [1.54, 1.807) is 23.6 Å². The molecule has 4 N–H and O–H groups in total. The maximum atomic E-state index is 12.9. The predicted octanol–water partition coefficient (Wildman–Crippen LogP) is 2.15. The van der Waals surface area contributed by atoms with Crippen molar-refractivity contribution in [1.29, 1.82) is 0 Å². The first kappa shape index (κ1) is 17.2. The second kappa shape index (κ2) is 7.42. The van der Waals surface area contributed by atoms with E-state index < -0.39 is 31.2 Å². The van der Waals surface area contributed by atoms with Crippen LogP contribution in [0, 0.1) is 0 Å². The number of aliphatic hydroxyl groups excluding tert-OH is 1. The molecule has 0 fully saturated rings. The average molecular weight is 345 g/mol. The standard InChI is InChI=1S/C14H14F3N3O2S/c15-5-9(20-13(22)12(16)17)11(21)8-3-1-7(2-4-8)10-6-19-14(18)23-10/h1-4,6,9,11-12,21H,5H2,(H2,18,19)(H,20,22)/t9-,11-/m1/s1.